The highest BCUT2D eigenvalue weighted by Crippen LogP contribution is 2.30. The van der Waals surface area contributed by atoms with E-state index in [-0.39, 0.29) is 48.8 Å². The Kier molecular flexibility index (Phi) is 11.9. The number of amides is 2. The van der Waals surface area contributed by atoms with Crippen LogP contribution in [0.4, 0.5) is 5.69 Å². The van der Waals surface area contributed by atoms with Gasteiger partial charge in [-0.15, -0.1) is 0 Å². The molecule has 2 amide bonds. The summed E-state index contributed by atoms with van der Waals surface area (Å²) in [6.45, 7) is 8.17. The van der Waals surface area contributed by atoms with Crippen molar-refractivity contribution in [3.05, 3.63) is 58.6 Å². The van der Waals surface area contributed by atoms with E-state index in [2.05, 4.69) is 5.32 Å². The van der Waals surface area contributed by atoms with Gasteiger partial charge in [-0.05, 0) is 56.9 Å². The lowest BCUT2D eigenvalue weighted by Crippen LogP contribution is -2.50. The molecular formula is C28H40ClN3O5S. The average Bonchev–Trinajstić information content (AvgIpc) is 2.86. The zero-order valence-electron chi connectivity index (χ0n) is 23.2. The maximum Gasteiger partial charge on any atom is 0.243 e. The fourth-order valence-electron chi connectivity index (χ4n) is 4.07. The lowest BCUT2D eigenvalue weighted by molar-refractivity contribution is -0.141. The molecule has 10 heteroatoms. The van der Waals surface area contributed by atoms with Crippen LogP contribution >= 0.6 is 11.6 Å². The number of ether oxygens (including phenoxy) is 1. The van der Waals surface area contributed by atoms with Gasteiger partial charge in [-0.3, -0.25) is 13.9 Å². The van der Waals surface area contributed by atoms with Gasteiger partial charge in [-0.1, -0.05) is 55.3 Å². The second-order valence-corrected chi connectivity index (χ2v) is 11.8. The summed E-state index contributed by atoms with van der Waals surface area (Å²) in [7, 11) is -2.15. The van der Waals surface area contributed by atoms with Gasteiger partial charge >= 0.3 is 0 Å². The highest BCUT2D eigenvalue weighted by molar-refractivity contribution is 7.92. The van der Waals surface area contributed by atoms with Gasteiger partial charge < -0.3 is 15.0 Å². The van der Waals surface area contributed by atoms with Crippen LogP contribution in [0, 0.1) is 6.92 Å². The molecule has 0 unspecified atom stereocenters. The quantitative estimate of drug-likeness (QED) is 0.350. The van der Waals surface area contributed by atoms with Crippen LogP contribution in [0.5, 0.6) is 5.75 Å². The van der Waals surface area contributed by atoms with E-state index >= 15 is 0 Å². The van der Waals surface area contributed by atoms with E-state index in [9.17, 15) is 18.0 Å². The van der Waals surface area contributed by atoms with Crippen molar-refractivity contribution in [2.24, 2.45) is 0 Å². The number of halogens is 1. The lowest BCUT2D eigenvalue weighted by atomic mass is 10.1. The van der Waals surface area contributed by atoms with Crippen LogP contribution in [0.3, 0.4) is 0 Å². The van der Waals surface area contributed by atoms with Crippen LogP contribution in [-0.2, 0) is 26.2 Å². The van der Waals surface area contributed by atoms with Crippen molar-refractivity contribution in [2.75, 3.05) is 24.2 Å². The SMILES string of the molecule is CC[C@H](C)NC(=O)[C@H](CC)N(Cc1ccc(C)cc1)C(=O)CCCN(c1ccc(OC)c(Cl)c1)S(C)(=O)=O. The van der Waals surface area contributed by atoms with Gasteiger partial charge in [0.1, 0.15) is 11.8 Å². The third kappa shape index (κ3) is 8.91. The van der Waals surface area contributed by atoms with E-state index in [1.807, 2.05) is 52.0 Å². The average molecular weight is 566 g/mol. The molecular weight excluding hydrogens is 526 g/mol. The predicted octanol–water partition coefficient (Wildman–Crippen LogP) is 4.93. The minimum Gasteiger partial charge on any atom is -0.495 e. The first-order chi connectivity index (χ1) is 17.9. The van der Waals surface area contributed by atoms with Crippen LogP contribution in [0.2, 0.25) is 5.02 Å². The number of sulfonamides is 1. The van der Waals surface area contributed by atoms with Gasteiger partial charge in [-0.2, -0.15) is 0 Å². The molecule has 0 spiro atoms. The molecule has 0 saturated carbocycles. The van der Waals surface area contributed by atoms with Gasteiger partial charge in [0.2, 0.25) is 21.8 Å². The van der Waals surface area contributed by atoms with Gasteiger partial charge in [-0.25, -0.2) is 8.42 Å². The minimum atomic E-state index is -3.63. The van der Waals surface area contributed by atoms with Crippen molar-refractivity contribution in [3.63, 3.8) is 0 Å². The smallest absolute Gasteiger partial charge is 0.243 e. The second kappa shape index (κ2) is 14.4. The standard InChI is InChI=1S/C28H40ClN3O5S/c1-7-21(4)30-28(34)25(8-2)31(19-22-13-11-20(3)12-14-22)27(33)10-9-17-32(38(6,35)36)23-15-16-26(37-5)24(29)18-23/h11-16,18,21,25H,7-10,17,19H2,1-6H3,(H,30,34)/t21-,25-/m0/s1. The van der Waals surface area contributed by atoms with Crippen molar-refractivity contribution < 1.29 is 22.7 Å². The number of hydrogen-bond acceptors (Lipinski definition) is 5. The minimum absolute atomic E-state index is 0.00693. The lowest BCUT2D eigenvalue weighted by Gasteiger charge is -2.32. The number of hydrogen-bond donors (Lipinski definition) is 1. The first kappa shape index (κ1) is 31.4. The second-order valence-electron chi connectivity index (χ2n) is 9.51. The molecule has 2 aromatic rings. The Balaban J connectivity index is 2.24. The van der Waals surface area contributed by atoms with Crippen LogP contribution in [-0.4, -0.2) is 57.1 Å². The number of methoxy groups -OCH3 is 1. The first-order valence-corrected chi connectivity index (χ1v) is 15.1. The number of benzene rings is 2. The Morgan fingerprint density at radius 3 is 2.26 bits per heavy atom. The Morgan fingerprint density at radius 1 is 1.08 bits per heavy atom. The summed E-state index contributed by atoms with van der Waals surface area (Å²) < 4.78 is 31.5. The first-order valence-electron chi connectivity index (χ1n) is 12.9. The molecule has 0 fully saturated rings. The fraction of sp³-hybridized carbons (Fsp3) is 0.500. The van der Waals surface area contributed by atoms with Crippen LogP contribution in [0.15, 0.2) is 42.5 Å². The molecule has 38 heavy (non-hydrogen) atoms. The zero-order chi connectivity index (χ0) is 28.5. The molecule has 0 bridgehead atoms. The molecule has 8 nitrogen and oxygen atoms in total. The number of aryl methyl sites for hydroxylation is 1. The summed E-state index contributed by atoms with van der Waals surface area (Å²) >= 11 is 6.22. The maximum atomic E-state index is 13.5. The summed E-state index contributed by atoms with van der Waals surface area (Å²) in [5.74, 6) is 0.0398. The van der Waals surface area contributed by atoms with Gasteiger partial charge in [0.25, 0.3) is 0 Å². The van der Waals surface area contributed by atoms with Crippen molar-refractivity contribution in [2.45, 2.75) is 72.0 Å². The molecule has 0 aliphatic rings. The molecule has 0 aromatic heterocycles. The molecule has 0 saturated heterocycles. The van der Waals surface area contributed by atoms with Crippen molar-refractivity contribution in [1.82, 2.24) is 10.2 Å². The number of carbonyl (C=O) groups is 2. The number of rotatable bonds is 14. The topological polar surface area (TPSA) is 96.0 Å². The Labute approximate surface area is 232 Å². The Morgan fingerprint density at radius 2 is 1.74 bits per heavy atom. The molecule has 2 atom stereocenters. The van der Waals surface area contributed by atoms with Crippen molar-refractivity contribution >= 4 is 39.1 Å². The molecule has 0 aliphatic heterocycles. The summed E-state index contributed by atoms with van der Waals surface area (Å²) in [5.41, 5.74) is 2.42. The van der Waals surface area contributed by atoms with E-state index in [1.165, 1.54) is 17.5 Å². The van der Waals surface area contributed by atoms with Crippen LogP contribution < -0.4 is 14.4 Å². The maximum absolute atomic E-state index is 13.5. The van der Waals surface area contributed by atoms with Gasteiger partial charge in [0, 0.05) is 25.6 Å². The van der Waals surface area contributed by atoms with E-state index in [0.717, 1.165) is 23.8 Å². The zero-order valence-corrected chi connectivity index (χ0v) is 24.7. The van der Waals surface area contributed by atoms with E-state index in [1.54, 1.807) is 17.0 Å². The third-order valence-electron chi connectivity index (χ3n) is 6.44. The van der Waals surface area contributed by atoms with E-state index in [0.29, 0.717) is 17.9 Å². The molecule has 1 N–H and O–H groups in total. The van der Waals surface area contributed by atoms with E-state index in [4.69, 9.17) is 16.3 Å². The largest absolute Gasteiger partial charge is 0.495 e. The molecule has 210 valence electrons. The normalized spacial score (nSPS) is 12.9. The highest BCUT2D eigenvalue weighted by atomic mass is 35.5. The summed E-state index contributed by atoms with van der Waals surface area (Å²) in [5, 5.41) is 3.29. The van der Waals surface area contributed by atoms with E-state index < -0.39 is 16.1 Å². The van der Waals surface area contributed by atoms with Crippen molar-refractivity contribution in [1.29, 1.82) is 0 Å². The third-order valence-corrected chi connectivity index (χ3v) is 7.93. The Bertz CT molecular complexity index is 1190. The monoisotopic (exact) mass is 565 g/mol. The molecule has 0 aliphatic carbocycles. The van der Waals surface area contributed by atoms with Crippen LogP contribution in [0.25, 0.3) is 0 Å². The Hall–Kier alpha value is -2.78. The van der Waals surface area contributed by atoms with Crippen molar-refractivity contribution in [3.8, 4) is 5.75 Å². The number of nitrogens with one attached hydrogen (secondary N) is 1. The molecule has 0 radical (unpaired) electrons. The van der Waals surface area contributed by atoms with Crippen LogP contribution in [0.1, 0.15) is 57.6 Å². The molecule has 2 aromatic carbocycles. The number of nitrogens with zero attached hydrogens (tertiary/aromatic N) is 2. The number of carbonyl (C=O) groups excluding carboxylic acids is 2. The molecule has 2 rings (SSSR count). The summed E-state index contributed by atoms with van der Waals surface area (Å²) in [6.07, 6.45) is 2.70. The summed E-state index contributed by atoms with van der Waals surface area (Å²) in [4.78, 5) is 28.2. The fourth-order valence-corrected chi connectivity index (χ4v) is 5.27. The van der Waals surface area contributed by atoms with Gasteiger partial charge in [0.15, 0.2) is 0 Å². The highest BCUT2D eigenvalue weighted by Gasteiger charge is 2.29. The summed E-state index contributed by atoms with van der Waals surface area (Å²) in [6, 6.07) is 12.0. The van der Waals surface area contributed by atoms with Gasteiger partial charge in [0.05, 0.1) is 24.1 Å². The molecule has 0 heterocycles. The predicted molar refractivity (Wildman–Crippen MR) is 153 cm³/mol. The number of anilines is 1.